The molecule has 0 atom stereocenters. The Bertz CT molecular complexity index is 2990. The van der Waals surface area contributed by atoms with E-state index in [4.69, 9.17) is 0 Å². The van der Waals surface area contributed by atoms with Crippen molar-refractivity contribution in [1.82, 2.24) is 0 Å². The smallest absolute Gasteiger partial charge is 0.0546 e. The van der Waals surface area contributed by atoms with Crippen molar-refractivity contribution in [1.29, 1.82) is 0 Å². The van der Waals surface area contributed by atoms with Gasteiger partial charge in [0.25, 0.3) is 0 Å². The summed E-state index contributed by atoms with van der Waals surface area (Å²) in [6, 6.07) is 89.8. The summed E-state index contributed by atoms with van der Waals surface area (Å²) in [5, 5.41) is 2.51. The van der Waals surface area contributed by atoms with E-state index in [1.165, 1.54) is 77.5 Å². The number of nitrogens with zero attached hydrogens (tertiary/aromatic N) is 1. The highest BCUT2D eigenvalue weighted by Gasteiger charge is 2.19. The fourth-order valence-corrected chi connectivity index (χ4v) is 8.36. The molecule has 0 aromatic heterocycles. The normalized spacial score (nSPS) is 11.1. The molecule has 10 rings (SSSR count). The van der Waals surface area contributed by atoms with Crippen molar-refractivity contribution in [2.45, 2.75) is 0 Å². The molecule has 0 aliphatic carbocycles. The minimum absolute atomic E-state index is 1.08. The van der Waals surface area contributed by atoms with E-state index >= 15 is 0 Å². The second-order valence-corrected chi connectivity index (χ2v) is 14.9. The van der Waals surface area contributed by atoms with Gasteiger partial charge in [0.15, 0.2) is 0 Å². The summed E-state index contributed by atoms with van der Waals surface area (Å²) in [4.78, 5) is 2.41. The molecule has 0 amide bonds. The highest BCUT2D eigenvalue weighted by Crippen LogP contribution is 2.44. The van der Waals surface area contributed by atoms with Gasteiger partial charge in [-0.2, -0.15) is 0 Å². The monoisotopic (exact) mass is 751 g/mol. The molecule has 0 aliphatic heterocycles. The largest absolute Gasteiger partial charge is 0.310 e. The van der Waals surface area contributed by atoms with Crippen LogP contribution in [-0.2, 0) is 0 Å². The van der Waals surface area contributed by atoms with Crippen molar-refractivity contribution in [2.75, 3.05) is 4.90 Å². The van der Waals surface area contributed by atoms with E-state index in [0.717, 1.165) is 17.1 Å². The molecule has 0 fully saturated rings. The van der Waals surface area contributed by atoms with Crippen LogP contribution in [0.2, 0.25) is 0 Å². The third-order valence-corrected chi connectivity index (χ3v) is 11.3. The molecule has 59 heavy (non-hydrogen) atoms. The second-order valence-electron chi connectivity index (χ2n) is 14.9. The van der Waals surface area contributed by atoms with Gasteiger partial charge in [0.2, 0.25) is 0 Å². The van der Waals surface area contributed by atoms with Gasteiger partial charge in [-0.05, 0) is 108 Å². The first-order valence-electron chi connectivity index (χ1n) is 20.3. The van der Waals surface area contributed by atoms with Crippen LogP contribution in [0.5, 0.6) is 0 Å². The first kappa shape index (κ1) is 35.7. The summed E-state index contributed by atoms with van der Waals surface area (Å²) < 4.78 is 0. The fraction of sp³-hybridized carbons (Fsp3) is 0. The lowest BCUT2D eigenvalue weighted by molar-refractivity contribution is 1.28. The SMILES string of the molecule is c1ccc(-c2ccc(N(c3ccc(-c4cccc(-c5cccc6cccc(-c7ccccc7)c56)c4)cc3)c3cc(-c4ccccc4)ccc3-c3ccccc3)cc2)cc1. The highest BCUT2D eigenvalue weighted by molar-refractivity contribution is 6.06. The average molecular weight is 752 g/mol. The number of hydrogen-bond acceptors (Lipinski definition) is 1. The number of rotatable bonds is 9. The van der Waals surface area contributed by atoms with E-state index < -0.39 is 0 Å². The molecule has 0 heterocycles. The lowest BCUT2D eigenvalue weighted by atomic mass is 9.90. The Morgan fingerprint density at radius 3 is 1.15 bits per heavy atom. The van der Waals surface area contributed by atoms with E-state index in [0.29, 0.717) is 0 Å². The molecule has 10 aromatic carbocycles. The summed E-state index contributed by atoms with van der Waals surface area (Å²) in [7, 11) is 0. The van der Waals surface area contributed by atoms with Gasteiger partial charge in [0.05, 0.1) is 5.69 Å². The van der Waals surface area contributed by atoms with Crippen molar-refractivity contribution in [3.63, 3.8) is 0 Å². The Labute approximate surface area is 346 Å². The molecular formula is C58H41N. The number of fused-ring (bicyclic) bond motifs is 1. The first-order valence-corrected chi connectivity index (χ1v) is 20.3. The van der Waals surface area contributed by atoms with Crippen LogP contribution < -0.4 is 4.90 Å². The van der Waals surface area contributed by atoms with E-state index in [1.54, 1.807) is 0 Å². The Balaban J connectivity index is 1.09. The Hall–Kier alpha value is -7.74. The van der Waals surface area contributed by atoms with E-state index in [2.05, 4.69) is 254 Å². The summed E-state index contributed by atoms with van der Waals surface area (Å²) >= 11 is 0. The maximum absolute atomic E-state index is 2.41. The molecule has 1 nitrogen and oxygen atoms in total. The topological polar surface area (TPSA) is 3.24 Å². The van der Waals surface area contributed by atoms with Crippen LogP contribution in [0.15, 0.2) is 249 Å². The highest BCUT2D eigenvalue weighted by atomic mass is 15.1. The van der Waals surface area contributed by atoms with Crippen LogP contribution in [0, 0.1) is 0 Å². The molecule has 0 N–H and O–H groups in total. The van der Waals surface area contributed by atoms with Gasteiger partial charge >= 0.3 is 0 Å². The van der Waals surface area contributed by atoms with Crippen LogP contribution in [0.4, 0.5) is 17.1 Å². The molecule has 0 saturated heterocycles. The maximum Gasteiger partial charge on any atom is 0.0546 e. The van der Waals surface area contributed by atoms with Crippen molar-refractivity contribution >= 4 is 27.8 Å². The molecule has 278 valence electrons. The molecule has 10 aromatic rings. The van der Waals surface area contributed by atoms with Gasteiger partial charge in [-0.1, -0.05) is 212 Å². The lowest BCUT2D eigenvalue weighted by Crippen LogP contribution is -2.11. The fourth-order valence-electron chi connectivity index (χ4n) is 8.36. The Kier molecular flexibility index (Phi) is 9.68. The van der Waals surface area contributed by atoms with Gasteiger partial charge in [0, 0.05) is 16.9 Å². The zero-order valence-electron chi connectivity index (χ0n) is 32.6. The predicted octanol–water partition coefficient (Wildman–Crippen LogP) is 16.3. The molecule has 0 aliphatic rings. The molecular weight excluding hydrogens is 711 g/mol. The summed E-state index contributed by atoms with van der Waals surface area (Å²) in [6.45, 7) is 0. The van der Waals surface area contributed by atoms with Crippen LogP contribution in [0.1, 0.15) is 0 Å². The van der Waals surface area contributed by atoms with E-state index in [-0.39, 0.29) is 0 Å². The summed E-state index contributed by atoms with van der Waals surface area (Å²) in [6.07, 6.45) is 0. The van der Waals surface area contributed by atoms with Crippen LogP contribution in [0.3, 0.4) is 0 Å². The molecule has 0 spiro atoms. The number of hydrogen-bond donors (Lipinski definition) is 0. The Morgan fingerprint density at radius 1 is 0.220 bits per heavy atom. The minimum atomic E-state index is 1.08. The first-order chi connectivity index (χ1) is 29.3. The van der Waals surface area contributed by atoms with Gasteiger partial charge in [-0.3, -0.25) is 0 Å². The number of anilines is 3. The average Bonchev–Trinajstić information content (AvgIpc) is 3.33. The summed E-state index contributed by atoms with van der Waals surface area (Å²) in [5.41, 5.74) is 17.6. The van der Waals surface area contributed by atoms with Gasteiger partial charge in [-0.25, -0.2) is 0 Å². The van der Waals surface area contributed by atoms with Crippen molar-refractivity contribution < 1.29 is 0 Å². The third-order valence-electron chi connectivity index (χ3n) is 11.3. The molecule has 0 saturated carbocycles. The predicted molar refractivity (Wildman–Crippen MR) is 251 cm³/mol. The van der Waals surface area contributed by atoms with Gasteiger partial charge in [-0.15, -0.1) is 0 Å². The van der Waals surface area contributed by atoms with Gasteiger partial charge < -0.3 is 4.90 Å². The molecule has 0 bridgehead atoms. The molecule has 0 unspecified atom stereocenters. The lowest BCUT2D eigenvalue weighted by Gasteiger charge is -2.29. The van der Waals surface area contributed by atoms with Crippen LogP contribution in [-0.4, -0.2) is 0 Å². The van der Waals surface area contributed by atoms with Crippen molar-refractivity contribution in [3.05, 3.63) is 249 Å². The third kappa shape index (κ3) is 7.23. The molecule has 1 heteroatoms. The zero-order chi connectivity index (χ0) is 39.4. The minimum Gasteiger partial charge on any atom is -0.310 e. The van der Waals surface area contributed by atoms with Crippen molar-refractivity contribution in [2.24, 2.45) is 0 Å². The quantitative estimate of drug-likeness (QED) is 0.142. The van der Waals surface area contributed by atoms with E-state index in [9.17, 15) is 0 Å². The van der Waals surface area contributed by atoms with Crippen LogP contribution in [0.25, 0.3) is 77.5 Å². The maximum atomic E-state index is 2.41. The second kappa shape index (κ2) is 16.0. The van der Waals surface area contributed by atoms with E-state index in [1.807, 2.05) is 0 Å². The standard InChI is InChI=1S/C58H41N/c1-5-16-42(17-6-1)44-30-35-52(36-31-44)59(57-41-50(43-18-7-2-8-19-43)34-39-54(57)46-20-9-3-10-21-46)53-37-32-45(33-38-53)49-26-13-27-51(40-49)56-29-15-25-48-24-14-28-55(58(48)56)47-22-11-4-12-23-47/h1-41H. The molecule has 0 radical (unpaired) electrons. The number of benzene rings is 10. The zero-order valence-corrected chi connectivity index (χ0v) is 32.6. The Morgan fingerprint density at radius 2 is 0.593 bits per heavy atom. The van der Waals surface area contributed by atoms with Gasteiger partial charge in [0.1, 0.15) is 0 Å². The van der Waals surface area contributed by atoms with Crippen LogP contribution >= 0.6 is 0 Å². The van der Waals surface area contributed by atoms with Crippen molar-refractivity contribution in [3.8, 4) is 66.8 Å². The summed E-state index contributed by atoms with van der Waals surface area (Å²) in [5.74, 6) is 0.